The number of carbonyl (C=O) groups is 2. The van der Waals surface area contributed by atoms with Gasteiger partial charge in [0, 0.05) is 19.5 Å². The third-order valence-corrected chi connectivity index (χ3v) is 4.59. The van der Waals surface area contributed by atoms with Crippen LogP contribution in [0.15, 0.2) is 60.7 Å². The van der Waals surface area contributed by atoms with E-state index in [1.807, 2.05) is 72.5 Å². The first kappa shape index (κ1) is 16.2. The molecule has 4 nitrogen and oxygen atoms in total. The number of likely N-dealkylation sites (tertiary alicyclic amines) is 1. The lowest BCUT2D eigenvalue weighted by molar-refractivity contribution is -0.130. The van der Waals surface area contributed by atoms with Gasteiger partial charge in [-0.1, -0.05) is 60.7 Å². The molecule has 24 heavy (non-hydrogen) atoms. The normalized spacial score (nSPS) is 18.5. The zero-order valence-electron chi connectivity index (χ0n) is 13.8. The second-order valence-electron chi connectivity index (χ2n) is 6.24. The molecule has 1 N–H and O–H groups in total. The molecule has 1 fully saturated rings. The van der Waals surface area contributed by atoms with Crippen molar-refractivity contribution in [3.63, 3.8) is 0 Å². The number of nitrogens with one attached hydrogen (secondary N) is 1. The standard InChI is InChI=1S/C20H22N2O2/c1-15(17-10-6-3-7-11-17)22-14-18(12-19(22)23)20(24)21-13-16-8-4-2-5-9-16/h2-11,15,18H,12-14H2,1H3,(H,21,24)/t15-,18+/m1/s1. The van der Waals surface area contributed by atoms with Crippen LogP contribution in [-0.4, -0.2) is 23.3 Å². The highest BCUT2D eigenvalue weighted by atomic mass is 16.2. The van der Waals surface area contributed by atoms with Gasteiger partial charge in [-0.15, -0.1) is 0 Å². The molecule has 0 saturated carbocycles. The van der Waals surface area contributed by atoms with E-state index in [1.165, 1.54) is 0 Å². The zero-order chi connectivity index (χ0) is 16.9. The van der Waals surface area contributed by atoms with E-state index in [-0.39, 0.29) is 30.2 Å². The van der Waals surface area contributed by atoms with Crippen molar-refractivity contribution in [3.8, 4) is 0 Å². The van der Waals surface area contributed by atoms with Crippen LogP contribution in [0, 0.1) is 5.92 Å². The van der Waals surface area contributed by atoms with E-state index < -0.39 is 0 Å². The Bertz CT molecular complexity index is 700. The van der Waals surface area contributed by atoms with Crippen molar-refractivity contribution < 1.29 is 9.59 Å². The van der Waals surface area contributed by atoms with E-state index in [2.05, 4.69) is 5.32 Å². The van der Waals surface area contributed by atoms with E-state index in [1.54, 1.807) is 0 Å². The van der Waals surface area contributed by atoms with Crippen molar-refractivity contribution in [2.45, 2.75) is 25.9 Å². The summed E-state index contributed by atoms with van der Waals surface area (Å²) in [5, 5.41) is 2.94. The Morgan fingerprint density at radius 1 is 1.12 bits per heavy atom. The Labute approximate surface area is 142 Å². The molecule has 1 aliphatic rings. The molecule has 1 aliphatic heterocycles. The number of rotatable bonds is 5. The van der Waals surface area contributed by atoms with Crippen molar-refractivity contribution >= 4 is 11.8 Å². The average molecular weight is 322 g/mol. The van der Waals surface area contributed by atoms with E-state index in [4.69, 9.17) is 0 Å². The molecule has 0 spiro atoms. The summed E-state index contributed by atoms with van der Waals surface area (Å²) < 4.78 is 0. The van der Waals surface area contributed by atoms with Gasteiger partial charge in [0.2, 0.25) is 11.8 Å². The molecule has 4 heteroatoms. The van der Waals surface area contributed by atoms with Crippen LogP contribution in [0.4, 0.5) is 0 Å². The van der Waals surface area contributed by atoms with Crippen molar-refractivity contribution in [1.29, 1.82) is 0 Å². The summed E-state index contributed by atoms with van der Waals surface area (Å²) in [5.41, 5.74) is 2.15. The van der Waals surface area contributed by atoms with Crippen molar-refractivity contribution in [1.82, 2.24) is 10.2 Å². The van der Waals surface area contributed by atoms with Gasteiger partial charge in [0.05, 0.1) is 12.0 Å². The molecule has 1 heterocycles. The van der Waals surface area contributed by atoms with Crippen LogP contribution >= 0.6 is 0 Å². The maximum Gasteiger partial charge on any atom is 0.225 e. The lowest BCUT2D eigenvalue weighted by Crippen LogP contribution is -2.33. The number of hydrogen-bond donors (Lipinski definition) is 1. The molecule has 124 valence electrons. The fourth-order valence-corrected chi connectivity index (χ4v) is 3.12. The van der Waals surface area contributed by atoms with Gasteiger partial charge in [-0.05, 0) is 18.1 Å². The fraction of sp³-hybridized carbons (Fsp3) is 0.300. The SMILES string of the molecule is C[C@H](c1ccccc1)N1C[C@@H](C(=O)NCc2ccccc2)CC1=O. The Balaban J connectivity index is 1.59. The van der Waals surface area contributed by atoms with Gasteiger partial charge in [-0.3, -0.25) is 9.59 Å². The molecule has 0 aliphatic carbocycles. The van der Waals surface area contributed by atoms with E-state index in [0.29, 0.717) is 13.1 Å². The van der Waals surface area contributed by atoms with Crippen molar-refractivity contribution in [2.75, 3.05) is 6.54 Å². The number of amides is 2. The molecule has 0 aromatic heterocycles. The first-order valence-electron chi connectivity index (χ1n) is 8.31. The summed E-state index contributed by atoms with van der Waals surface area (Å²) in [6.07, 6.45) is 0.289. The van der Waals surface area contributed by atoms with Crippen LogP contribution in [0.3, 0.4) is 0 Å². The summed E-state index contributed by atoms with van der Waals surface area (Å²) in [7, 11) is 0. The van der Waals surface area contributed by atoms with Crippen LogP contribution in [-0.2, 0) is 16.1 Å². The van der Waals surface area contributed by atoms with E-state index in [0.717, 1.165) is 11.1 Å². The fourth-order valence-electron chi connectivity index (χ4n) is 3.12. The summed E-state index contributed by atoms with van der Waals surface area (Å²) >= 11 is 0. The highest BCUT2D eigenvalue weighted by Crippen LogP contribution is 2.28. The van der Waals surface area contributed by atoms with Gasteiger partial charge in [0.15, 0.2) is 0 Å². The molecule has 2 atom stereocenters. The van der Waals surface area contributed by atoms with Gasteiger partial charge in [0.1, 0.15) is 0 Å². The smallest absolute Gasteiger partial charge is 0.225 e. The Kier molecular flexibility index (Phi) is 4.94. The van der Waals surface area contributed by atoms with Crippen LogP contribution < -0.4 is 5.32 Å². The largest absolute Gasteiger partial charge is 0.352 e. The lowest BCUT2D eigenvalue weighted by atomic mass is 10.1. The topological polar surface area (TPSA) is 49.4 Å². The second-order valence-corrected chi connectivity index (χ2v) is 6.24. The zero-order valence-corrected chi connectivity index (χ0v) is 13.8. The summed E-state index contributed by atoms with van der Waals surface area (Å²) in [5.74, 6) is -0.270. The summed E-state index contributed by atoms with van der Waals surface area (Å²) in [4.78, 5) is 26.5. The minimum Gasteiger partial charge on any atom is -0.352 e. The molecule has 0 radical (unpaired) electrons. The molecule has 2 amide bonds. The molecule has 0 bridgehead atoms. The highest BCUT2D eigenvalue weighted by Gasteiger charge is 2.36. The minimum atomic E-state index is -0.271. The van der Waals surface area contributed by atoms with Crippen LogP contribution in [0.1, 0.15) is 30.5 Å². The summed E-state index contributed by atoms with van der Waals surface area (Å²) in [6.45, 7) is 2.99. The Morgan fingerprint density at radius 2 is 1.75 bits per heavy atom. The van der Waals surface area contributed by atoms with Crippen molar-refractivity contribution in [2.24, 2.45) is 5.92 Å². The average Bonchev–Trinajstić information content (AvgIpc) is 3.02. The van der Waals surface area contributed by atoms with Gasteiger partial charge in [0.25, 0.3) is 0 Å². The van der Waals surface area contributed by atoms with E-state index >= 15 is 0 Å². The van der Waals surface area contributed by atoms with Gasteiger partial charge >= 0.3 is 0 Å². The predicted octanol–water partition coefficient (Wildman–Crippen LogP) is 2.91. The molecular formula is C20H22N2O2. The lowest BCUT2D eigenvalue weighted by Gasteiger charge is -2.25. The molecule has 2 aromatic carbocycles. The summed E-state index contributed by atoms with van der Waals surface area (Å²) in [6, 6.07) is 19.7. The Morgan fingerprint density at radius 3 is 2.42 bits per heavy atom. The molecule has 3 rings (SSSR count). The monoisotopic (exact) mass is 322 g/mol. The number of hydrogen-bond acceptors (Lipinski definition) is 2. The second kappa shape index (κ2) is 7.30. The Hall–Kier alpha value is -2.62. The third-order valence-electron chi connectivity index (χ3n) is 4.59. The number of nitrogens with zero attached hydrogens (tertiary/aromatic N) is 1. The van der Waals surface area contributed by atoms with Crippen LogP contribution in [0.5, 0.6) is 0 Å². The highest BCUT2D eigenvalue weighted by molar-refractivity contribution is 5.89. The van der Waals surface area contributed by atoms with E-state index in [9.17, 15) is 9.59 Å². The molecular weight excluding hydrogens is 300 g/mol. The first-order chi connectivity index (χ1) is 11.6. The van der Waals surface area contributed by atoms with Crippen LogP contribution in [0.2, 0.25) is 0 Å². The quantitative estimate of drug-likeness (QED) is 0.920. The molecule has 2 aromatic rings. The van der Waals surface area contributed by atoms with Gasteiger partial charge in [-0.25, -0.2) is 0 Å². The van der Waals surface area contributed by atoms with Crippen LogP contribution in [0.25, 0.3) is 0 Å². The first-order valence-corrected chi connectivity index (χ1v) is 8.31. The molecule has 0 unspecified atom stereocenters. The number of carbonyl (C=O) groups excluding carboxylic acids is 2. The predicted molar refractivity (Wildman–Crippen MR) is 93.0 cm³/mol. The maximum absolute atomic E-state index is 12.4. The number of benzene rings is 2. The minimum absolute atomic E-state index is 0.00868. The maximum atomic E-state index is 12.4. The van der Waals surface area contributed by atoms with Crippen molar-refractivity contribution in [3.05, 3.63) is 71.8 Å². The third kappa shape index (κ3) is 3.65. The van der Waals surface area contributed by atoms with Gasteiger partial charge < -0.3 is 10.2 Å². The molecule has 1 saturated heterocycles. The van der Waals surface area contributed by atoms with Gasteiger partial charge in [-0.2, -0.15) is 0 Å².